The average Bonchev–Trinajstić information content (AvgIpc) is 2.55. The number of carbonyl (C=O) groups is 1. The van der Waals surface area contributed by atoms with Crippen molar-refractivity contribution in [3.63, 3.8) is 0 Å². The molecule has 0 radical (unpaired) electrons. The normalized spacial score (nSPS) is 16.3. The lowest BCUT2D eigenvalue weighted by molar-refractivity contribution is -0.125. The molecule has 1 heterocycles. The average molecular weight is 433 g/mol. The second kappa shape index (κ2) is 11.9. The summed E-state index contributed by atoms with van der Waals surface area (Å²) in [6.45, 7) is 10.3. The minimum atomic E-state index is 0. The molecule has 1 amide bonds. The van der Waals surface area contributed by atoms with Crippen LogP contribution in [0.4, 0.5) is 0 Å². The van der Waals surface area contributed by atoms with Gasteiger partial charge in [-0.25, -0.2) is 0 Å². The van der Waals surface area contributed by atoms with Crippen LogP contribution in [0.25, 0.3) is 0 Å². The lowest BCUT2D eigenvalue weighted by Crippen LogP contribution is -2.46. The van der Waals surface area contributed by atoms with Crippen molar-refractivity contribution in [2.24, 2.45) is 11.8 Å². The topological polar surface area (TPSA) is 44.4 Å². The Bertz CT molecular complexity index is 521. The van der Waals surface area contributed by atoms with Crippen molar-refractivity contribution in [2.75, 3.05) is 39.3 Å². The van der Waals surface area contributed by atoms with Crippen LogP contribution in [0.15, 0.2) is 28.7 Å². The molecule has 1 aromatic carbocycles. The highest BCUT2D eigenvalue weighted by atomic mass is 79.9. The summed E-state index contributed by atoms with van der Waals surface area (Å²) in [6.07, 6.45) is 1.73. The minimum Gasteiger partial charge on any atom is -0.355 e. The van der Waals surface area contributed by atoms with Crippen molar-refractivity contribution in [3.8, 4) is 0 Å². The highest BCUT2D eigenvalue weighted by Gasteiger charge is 2.20. The van der Waals surface area contributed by atoms with Gasteiger partial charge in [0.25, 0.3) is 0 Å². The van der Waals surface area contributed by atoms with Crippen molar-refractivity contribution >= 4 is 34.2 Å². The van der Waals surface area contributed by atoms with E-state index in [0.717, 1.165) is 56.6 Å². The van der Waals surface area contributed by atoms with Gasteiger partial charge in [-0.15, -0.1) is 12.4 Å². The van der Waals surface area contributed by atoms with Crippen molar-refractivity contribution in [2.45, 2.75) is 26.7 Å². The Kier molecular flexibility index (Phi) is 10.7. The fourth-order valence-corrected chi connectivity index (χ4v) is 3.66. The molecule has 0 bridgehead atoms. The molecule has 142 valence electrons. The van der Waals surface area contributed by atoms with Crippen molar-refractivity contribution in [1.29, 1.82) is 0 Å². The molecule has 0 aromatic heterocycles. The van der Waals surface area contributed by atoms with Gasteiger partial charge < -0.3 is 10.6 Å². The fraction of sp³-hybridized carbons (Fsp3) is 0.632. The summed E-state index contributed by atoms with van der Waals surface area (Å²) in [4.78, 5) is 15.1. The molecule has 0 spiro atoms. The summed E-state index contributed by atoms with van der Waals surface area (Å²) in [5.41, 5.74) is 1.22. The number of hydrogen-bond acceptors (Lipinski definition) is 3. The molecule has 1 fully saturated rings. The number of halogens is 2. The Morgan fingerprint density at radius 3 is 2.68 bits per heavy atom. The molecular weight excluding hydrogens is 402 g/mol. The van der Waals surface area contributed by atoms with Crippen LogP contribution in [0, 0.1) is 11.8 Å². The van der Waals surface area contributed by atoms with Gasteiger partial charge >= 0.3 is 0 Å². The van der Waals surface area contributed by atoms with Gasteiger partial charge in [-0.3, -0.25) is 9.69 Å². The van der Waals surface area contributed by atoms with E-state index in [-0.39, 0.29) is 24.2 Å². The molecular formula is C19H31BrClN3O. The van der Waals surface area contributed by atoms with Gasteiger partial charge in [0, 0.05) is 49.7 Å². The Hall–Kier alpha value is -0.620. The third-order valence-corrected chi connectivity index (χ3v) is 4.93. The van der Waals surface area contributed by atoms with Crippen molar-refractivity contribution in [1.82, 2.24) is 15.5 Å². The van der Waals surface area contributed by atoms with E-state index in [9.17, 15) is 4.79 Å². The molecule has 1 saturated heterocycles. The summed E-state index contributed by atoms with van der Waals surface area (Å²) in [6, 6.07) is 8.27. The van der Waals surface area contributed by atoms with E-state index in [1.807, 2.05) is 12.1 Å². The summed E-state index contributed by atoms with van der Waals surface area (Å²) in [5.74, 6) is 0.752. The Morgan fingerprint density at radius 1 is 1.32 bits per heavy atom. The predicted molar refractivity (Wildman–Crippen MR) is 110 cm³/mol. The standard InChI is InChI=1S/C19H30BrN3O.ClH/c1-15(2)12-17(13-16-4-3-5-18(20)14-16)19(24)22-8-11-23-9-6-21-7-10-23;/h3-5,14-15,17,21H,6-13H2,1-2H3,(H,22,24);1H. The van der Waals surface area contributed by atoms with Gasteiger partial charge in [-0.2, -0.15) is 0 Å². The van der Waals surface area contributed by atoms with Crippen LogP contribution in [0.3, 0.4) is 0 Å². The van der Waals surface area contributed by atoms with E-state index < -0.39 is 0 Å². The first-order valence-electron chi connectivity index (χ1n) is 9.00. The number of piperazine rings is 1. The third kappa shape index (κ3) is 8.54. The van der Waals surface area contributed by atoms with Crippen LogP contribution < -0.4 is 10.6 Å². The molecule has 6 heteroatoms. The second-order valence-electron chi connectivity index (χ2n) is 7.04. The van der Waals surface area contributed by atoms with Crippen LogP contribution in [-0.4, -0.2) is 50.1 Å². The molecule has 1 aliphatic rings. The van der Waals surface area contributed by atoms with Crippen LogP contribution in [-0.2, 0) is 11.2 Å². The zero-order valence-corrected chi connectivity index (χ0v) is 17.7. The van der Waals surface area contributed by atoms with E-state index in [0.29, 0.717) is 5.92 Å². The number of hydrogen-bond donors (Lipinski definition) is 2. The van der Waals surface area contributed by atoms with Crippen LogP contribution in [0.2, 0.25) is 0 Å². The predicted octanol–water partition coefficient (Wildman–Crippen LogP) is 3.10. The van der Waals surface area contributed by atoms with E-state index in [2.05, 4.69) is 57.4 Å². The molecule has 2 N–H and O–H groups in total. The lowest BCUT2D eigenvalue weighted by atomic mass is 9.90. The van der Waals surface area contributed by atoms with E-state index in [4.69, 9.17) is 0 Å². The summed E-state index contributed by atoms with van der Waals surface area (Å²) < 4.78 is 1.07. The van der Waals surface area contributed by atoms with Gasteiger partial charge in [0.05, 0.1) is 0 Å². The molecule has 1 aromatic rings. The largest absolute Gasteiger partial charge is 0.355 e. The molecule has 2 rings (SSSR count). The highest BCUT2D eigenvalue weighted by molar-refractivity contribution is 9.10. The molecule has 1 aliphatic heterocycles. The maximum Gasteiger partial charge on any atom is 0.223 e. The van der Waals surface area contributed by atoms with Crippen LogP contribution in [0.1, 0.15) is 25.8 Å². The summed E-state index contributed by atoms with van der Waals surface area (Å²) in [7, 11) is 0. The number of benzene rings is 1. The fourth-order valence-electron chi connectivity index (χ4n) is 3.22. The van der Waals surface area contributed by atoms with E-state index in [1.165, 1.54) is 5.56 Å². The van der Waals surface area contributed by atoms with E-state index >= 15 is 0 Å². The SMILES string of the molecule is CC(C)CC(Cc1cccc(Br)c1)C(=O)NCCN1CCNCC1.Cl. The van der Waals surface area contributed by atoms with Crippen LogP contribution in [0.5, 0.6) is 0 Å². The second-order valence-corrected chi connectivity index (χ2v) is 7.96. The van der Waals surface area contributed by atoms with Crippen molar-refractivity contribution < 1.29 is 4.79 Å². The van der Waals surface area contributed by atoms with Crippen LogP contribution >= 0.6 is 28.3 Å². The van der Waals surface area contributed by atoms with Gasteiger partial charge in [0.2, 0.25) is 5.91 Å². The number of nitrogens with zero attached hydrogens (tertiary/aromatic N) is 1. The Labute approximate surface area is 166 Å². The maximum absolute atomic E-state index is 12.7. The van der Waals surface area contributed by atoms with Gasteiger partial charge in [0.1, 0.15) is 0 Å². The Balaban J connectivity index is 0.00000312. The molecule has 1 atom stereocenters. The smallest absolute Gasteiger partial charge is 0.223 e. The quantitative estimate of drug-likeness (QED) is 0.663. The third-order valence-electron chi connectivity index (χ3n) is 4.43. The highest BCUT2D eigenvalue weighted by Crippen LogP contribution is 2.20. The number of carbonyl (C=O) groups excluding carboxylic acids is 1. The summed E-state index contributed by atoms with van der Waals surface area (Å²) >= 11 is 3.51. The van der Waals surface area contributed by atoms with Crippen molar-refractivity contribution in [3.05, 3.63) is 34.3 Å². The molecule has 0 saturated carbocycles. The first-order valence-corrected chi connectivity index (χ1v) is 9.79. The van der Waals surface area contributed by atoms with E-state index in [1.54, 1.807) is 0 Å². The Morgan fingerprint density at radius 2 is 2.04 bits per heavy atom. The van der Waals surface area contributed by atoms with Gasteiger partial charge in [-0.1, -0.05) is 41.9 Å². The zero-order valence-electron chi connectivity index (χ0n) is 15.3. The first-order chi connectivity index (χ1) is 11.5. The minimum absolute atomic E-state index is 0. The molecule has 0 aliphatic carbocycles. The maximum atomic E-state index is 12.7. The first kappa shape index (κ1) is 22.4. The molecule has 4 nitrogen and oxygen atoms in total. The number of nitrogens with one attached hydrogen (secondary N) is 2. The lowest BCUT2D eigenvalue weighted by Gasteiger charge is -2.27. The zero-order chi connectivity index (χ0) is 17.4. The number of amides is 1. The van der Waals surface area contributed by atoms with Gasteiger partial charge in [-0.05, 0) is 36.5 Å². The monoisotopic (exact) mass is 431 g/mol. The molecule has 25 heavy (non-hydrogen) atoms. The molecule has 1 unspecified atom stereocenters. The summed E-state index contributed by atoms with van der Waals surface area (Å²) in [5, 5.41) is 6.51. The van der Waals surface area contributed by atoms with Gasteiger partial charge in [0.15, 0.2) is 0 Å². The number of rotatable bonds is 8.